The number of rotatable bonds is 5. The molecule has 138 valence electrons. The Bertz CT molecular complexity index is 906. The molecule has 0 atom stereocenters. The molecule has 0 aliphatic carbocycles. The fraction of sp³-hybridized carbons (Fsp3) is 0.278. The Morgan fingerprint density at radius 3 is 2.67 bits per heavy atom. The number of hydrogen-bond donors (Lipinski definition) is 1. The zero-order valence-corrected chi connectivity index (χ0v) is 14.7. The standard InChI is InChI=1S/C18H18N6O3/c1-26-14-5-3-12(4-6-14)9-21-18(25)24-10-13(11-24)17-22-16(23-27-17)15-19-7-2-8-20-15/h2-8,13H,9-11H2,1H3,(H,21,25). The van der Waals surface area contributed by atoms with Gasteiger partial charge in [-0.2, -0.15) is 4.98 Å². The van der Waals surface area contributed by atoms with Crippen molar-refractivity contribution in [1.82, 2.24) is 30.3 Å². The van der Waals surface area contributed by atoms with Crippen LogP contribution in [-0.4, -0.2) is 51.2 Å². The number of methoxy groups -OCH3 is 1. The molecule has 0 radical (unpaired) electrons. The van der Waals surface area contributed by atoms with Gasteiger partial charge < -0.3 is 19.5 Å². The first-order valence-electron chi connectivity index (χ1n) is 8.49. The number of carbonyl (C=O) groups is 1. The maximum atomic E-state index is 12.2. The highest BCUT2D eigenvalue weighted by molar-refractivity contribution is 5.75. The molecule has 9 heteroatoms. The van der Waals surface area contributed by atoms with Gasteiger partial charge in [-0.3, -0.25) is 0 Å². The third-order valence-corrected chi connectivity index (χ3v) is 4.33. The van der Waals surface area contributed by atoms with Crippen molar-refractivity contribution in [3.05, 3.63) is 54.2 Å². The highest BCUT2D eigenvalue weighted by atomic mass is 16.5. The van der Waals surface area contributed by atoms with E-state index in [2.05, 4.69) is 25.4 Å². The van der Waals surface area contributed by atoms with Gasteiger partial charge in [-0.05, 0) is 23.8 Å². The van der Waals surface area contributed by atoms with Crippen molar-refractivity contribution in [3.63, 3.8) is 0 Å². The summed E-state index contributed by atoms with van der Waals surface area (Å²) in [5.41, 5.74) is 1.01. The molecule has 9 nitrogen and oxygen atoms in total. The second-order valence-corrected chi connectivity index (χ2v) is 6.14. The summed E-state index contributed by atoms with van der Waals surface area (Å²) in [4.78, 5) is 26.5. The zero-order chi connectivity index (χ0) is 18.6. The van der Waals surface area contributed by atoms with E-state index in [0.717, 1.165) is 11.3 Å². The summed E-state index contributed by atoms with van der Waals surface area (Å²) in [6.07, 6.45) is 3.24. The van der Waals surface area contributed by atoms with E-state index < -0.39 is 0 Å². The van der Waals surface area contributed by atoms with Gasteiger partial charge >= 0.3 is 6.03 Å². The van der Waals surface area contributed by atoms with Gasteiger partial charge in [0.2, 0.25) is 17.5 Å². The highest BCUT2D eigenvalue weighted by Gasteiger charge is 2.35. The van der Waals surface area contributed by atoms with E-state index in [9.17, 15) is 4.79 Å². The molecule has 3 heterocycles. The number of hydrogen-bond acceptors (Lipinski definition) is 7. The van der Waals surface area contributed by atoms with E-state index in [0.29, 0.717) is 37.2 Å². The molecule has 1 aliphatic heterocycles. The van der Waals surface area contributed by atoms with Crippen molar-refractivity contribution in [2.24, 2.45) is 0 Å². The summed E-state index contributed by atoms with van der Waals surface area (Å²) in [5, 5.41) is 6.81. The Morgan fingerprint density at radius 1 is 1.22 bits per heavy atom. The Balaban J connectivity index is 1.27. The zero-order valence-electron chi connectivity index (χ0n) is 14.7. The number of nitrogens with zero attached hydrogens (tertiary/aromatic N) is 5. The molecule has 1 fully saturated rings. The largest absolute Gasteiger partial charge is 0.497 e. The van der Waals surface area contributed by atoms with Crippen LogP contribution in [0.15, 0.2) is 47.2 Å². The van der Waals surface area contributed by atoms with Gasteiger partial charge in [0.05, 0.1) is 13.0 Å². The fourth-order valence-electron chi connectivity index (χ4n) is 2.74. The molecule has 2 aromatic heterocycles. The Labute approximate surface area is 155 Å². The lowest BCUT2D eigenvalue weighted by Gasteiger charge is -2.36. The number of ether oxygens (including phenoxy) is 1. The van der Waals surface area contributed by atoms with E-state index in [1.807, 2.05) is 24.3 Å². The van der Waals surface area contributed by atoms with Crippen molar-refractivity contribution in [3.8, 4) is 17.4 Å². The van der Waals surface area contributed by atoms with Crippen LogP contribution in [0.3, 0.4) is 0 Å². The smallest absolute Gasteiger partial charge is 0.317 e. The molecule has 1 aromatic carbocycles. The molecule has 4 rings (SSSR count). The third kappa shape index (κ3) is 3.71. The Kier molecular flexibility index (Phi) is 4.65. The van der Waals surface area contributed by atoms with E-state index >= 15 is 0 Å². The van der Waals surface area contributed by atoms with E-state index in [1.165, 1.54) is 0 Å². The molecule has 0 spiro atoms. The maximum absolute atomic E-state index is 12.2. The maximum Gasteiger partial charge on any atom is 0.317 e. The molecule has 1 N–H and O–H groups in total. The number of carbonyl (C=O) groups excluding carboxylic acids is 1. The molecular weight excluding hydrogens is 348 g/mol. The lowest BCUT2D eigenvalue weighted by molar-refractivity contribution is 0.136. The first-order chi connectivity index (χ1) is 13.2. The number of nitrogens with one attached hydrogen (secondary N) is 1. The minimum absolute atomic E-state index is 0.0294. The molecular formula is C18H18N6O3. The first kappa shape index (κ1) is 17.0. The summed E-state index contributed by atoms with van der Waals surface area (Å²) < 4.78 is 10.4. The highest BCUT2D eigenvalue weighted by Crippen LogP contribution is 2.26. The van der Waals surface area contributed by atoms with E-state index in [1.54, 1.807) is 30.5 Å². The second kappa shape index (κ2) is 7.40. The van der Waals surface area contributed by atoms with Crippen LogP contribution >= 0.6 is 0 Å². The van der Waals surface area contributed by atoms with Crippen molar-refractivity contribution >= 4 is 6.03 Å². The third-order valence-electron chi connectivity index (χ3n) is 4.33. The molecule has 27 heavy (non-hydrogen) atoms. The molecule has 0 saturated carbocycles. The topological polar surface area (TPSA) is 106 Å². The predicted molar refractivity (Wildman–Crippen MR) is 94.9 cm³/mol. The number of benzene rings is 1. The van der Waals surface area contributed by atoms with Crippen molar-refractivity contribution in [1.29, 1.82) is 0 Å². The summed E-state index contributed by atoms with van der Waals surface area (Å²) in [6.45, 7) is 1.53. The van der Waals surface area contributed by atoms with Gasteiger partial charge in [0.25, 0.3) is 0 Å². The summed E-state index contributed by atoms with van der Waals surface area (Å²) in [6, 6.07) is 9.18. The lowest BCUT2D eigenvalue weighted by atomic mass is 10.0. The van der Waals surface area contributed by atoms with Gasteiger partial charge in [0.15, 0.2) is 0 Å². The van der Waals surface area contributed by atoms with E-state index in [4.69, 9.17) is 9.26 Å². The first-order valence-corrected chi connectivity index (χ1v) is 8.49. The lowest BCUT2D eigenvalue weighted by Crippen LogP contribution is -2.52. The van der Waals surface area contributed by atoms with Crippen LogP contribution in [0.1, 0.15) is 17.4 Å². The number of likely N-dealkylation sites (tertiary alicyclic amines) is 1. The predicted octanol–water partition coefficient (Wildman–Crippen LogP) is 1.84. The monoisotopic (exact) mass is 366 g/mol. The average molecular weight is 366 g/mol. The molecule has 0 unspecified atom stereocenters. The molecule has 2 amide bonds. The SMILES string of the molecule is COc1ccc(CNC(=O)N2CC(c3nc(-c4ncccn4)no3)C2)cc1. The van der Waals surface area contributed by atoms with Crippen LogP contribution in [0.25, 0.3) is 11.6 Å². The van der Waals surface area contributed by atoms with Gasteiger partial charge in [-0.15, -0.1) is 0 Å². The minimum atomic E-state index is -0.117. The second-order valence-electron chi connectivity index (χ2n) is 6.14. The minimum Gasteiger partial charge on any atom is -0.497 e. The normalized spacial score (nSPS) is 13.9. The van der Waals surface area contributed by atoms with Gasteiger partial charge in [0.1, 0.15) is 5.75 Å². The fourth-order valence-corrected chi connectivity index (χ4v) is 2.74. The molecule has 1 saturated heterocycles. The van der Waals surface area contributed by atoms with Crippen LogP contribution in [0, 0.1) is 0 Å². The van der Waals surface area contributed by atoms with Crippen LogP contribution in [-0.2, 0) is 6.54 Å². The van der Waals surface area contributed by atoms with Crippen molar-refractivity contribution < 1.29 is 14.1 Å². The van der Waals surface area contributed by atoms with Crippen LogP contribution in [0.2, 0.25) is 0 Å². The quantitative estimate of drug-likeness (QED) is 0.734. The van der Waals surface area contributed by atoms with Gasteiger partial charge in [0, 0.05) is 32.0 Å². The molecule has 0 bridgehead atoms. The number of urea groups is 1. The Hall–Kier alpha value is -3.49. The van der Waals surface area contributed by atoms with Gasteiger partial charge in [-0.25, -0.2) is 14.8 Å². The number of amides is 2. The van der Waals surface area contributed by atoms with Crippen LogP contribution in [0.5, 0.6) is 5.75 Å². The summed E-state index contributed by atoms with van der Waals surface area (Å²) in [7, 11) is 1.62. The molecule has 1 aliphatic rings. The van der Waals surface area contributed by atoms with Gasteiger partial charge in [-0.1, -0.05) is 17.3 Å². The Morgan fingerprint density at radius 2 is 1.96 bits per heavy atom. The number of aromatic nitrogens is 4. The molecule has 3 aromatic rings. The van der Waals surface area contributed by atoms with Crippen LogP contribution in [0.4, 0.5) is 4.79 Å². The summed E-state index contributed by atoms with van der Waals surface area (Å²) >= 11 is 0. The summed E-state index contributed by atoms with van der Waals surface area (Å²) in [5.74, 6) is 2.09. The average Bonchev–Trinajstić information content (AvgIpc) is 3.16. The van der Waals surface area contributed by atoms with Crippen molar-refractivity contribution in [2.45, 2.75) is 12.5 Å². The van der Waals surface area contributed by atoms with Crippen molar-refractivity contribution in [2.75, 3.05) is 20.2 Å². The van der Waals surface area contributed by atoms with E-state index in [-0.39, 0.29) is 11.9 Å². The van der Waals surface area contributed by atoms with Crippen LogP contribution < -0.4 is 10.1 Å².